The maximum Gasteiger partial charge on any atom is 0.131 e. The van der Waals surface area contributed by atoms with E-state index in [2.05, 4.69) is 11.9 Å². The number of nitrogen functional groups attached to an aromatic ring is 1. The second kappa shape index (κ2) is 4.57. The summed E-state index contributed by atoms with van der Waals surface area (Å²) < 4.78 is 14.9. The Morgan fingerprint density at radius 2 is 2.18 bits per heavy atom. The predicted octanol–water partition coefficient (Wildman–Crippen LogP) is 2.99. The Hall–Kier alpha value is -1.84. The Morgan fingerprint density at radius 3 is 2.82 bits per heavy atom. The maximum absolute atomic E-state index is 13.0. The normalized spacial score (nSPS) is 10.8. The highest BCUT2D eigenvalue weighted by atomic mass is 19.1. The molecule has 1 aromatic heterocycles. The molecule has 1 heterocycles. The monoisotopic (exact) mass is 233 g/mol. The summed E-state index contributed by atoms with van der Waals surface area (Å²) in [6.45, 7) is 4.79. The molecule has 0 saturated carbocycles. The van der Waals surface area contributed by atoms with Gasteiger partial charge >= 0.3 is 0 Å². The third-order valence-corrected chi connectivity index (χ3v) is 2.79. The zero-order valence-electron chi connectivity index (χ0n) is 10.1. The summed E-state index contributed by atoms with van der Waals surface area (Å²) in [6, 6.07) is 4.65. The molecule has 2 aromatic rings. The van der Waals surface area contributed by atoms with Gasteiger partial charge in [-0.15, -0.1) is 0 Å². The number of halogens is 1. The Morgan fingerprint density at radius 1 is 1.41 bits per heavy atom. The molecule has 0 aliphatic heterocycles. The van der Waals surface area contributed by atoms with Crippen LogP contribution in [0.5, 0.6) is 0 Å². The molecule has 2 N–H and O–H groups in total. The van der Waals surface area contributed by atoms with Crippen molar-refractivity contribution in [2.45, 2.75) is 26.8 Å². The van der Waals surface area contributed by atoms with Gasteiger partial charge in [0.25, 0.3) is 0 Å². The minimum absolute atomic E-state index is 0.238. The maximum atomic E-state index is 13.0. The van der Waals surface area contributed by atoms with Gasteiger partial charge in [-0.25, -0.2) is 9.37 Å². The molecule has 0 fully saturated rings. The van der Waals surface area contributed by atoms with Crippen molar-refractivity contribution in [2.75, 3.05) is 5.73 Å². The Bertz CT molecular complexity index is 531. The summed E-state index contributed by atoms with van der Waals surface area (Å²) in [5.41, 5.74) is 8.50. The third-order valence-electron chi connectivity index (χ3n) is 2.79. The van der Waals surface area contributed by atoms with Crippen LogP contribution in [0.3, 0.4) is 0 Å². The number of imidazole rings is 1. The number of aryl methyl sites for hydroxylation is 2. The van der Waals surface area contributed by atoms with Crippen LogP contribution in [0.1, 0.15) is 18.9 Å². The van der Waals surface area contributed by atoms with Crippen molar-refractivity contribution in [1.29, 1.82) is 0 Å². The van der Waals surface area contributed by atoms with Crippen LogP contribution in [-0.4, -0.2) is 9.55 Å². The second-order valence-corrected chi connectivity index (χ2v) is 4.13. The molecule has 0 bridgehead atoms. The average Bonchev–Trinajstić information content (AvgIpc) is 2.62. The lowest BCUT2D eigenvalue weighted by atomic mass is 10.1. The van der Waals surface area contributed by atoms with Crippen LogP contribution in [0.15, 0.2) is 24.5 Å². The molecular weight excluding hydrogens is 217 g/mol. The number of aromatic nitrogens is 2. The van der Waals surface area contributed by atoms with Crippen LogP contribution >= 0.6 is 0 Å². The molecule has 0 spiro atoms. The molecule has 90 valence electrons. The quantitative estimate of drug-likeness (QED) is 0.885. The van der Waals surface area contributed by atoms with Crippen LogP contribution in [-0.2, 0) is 6.54 Å². The minimum Gasteiger partial charge on any atom is -0.383 e. The van der Waals surface area contributed by atoms with Gasteiger partial charge in [0.05, 0.1) is 6.33 Å². The lowest BCUT2D eigenvalue weighted by Crippen LogP contribution is -2.01. The summed E-state index contributed by atoms with van der Waals surface area (Å²) in [6.07, 6.45) is 2.74. The van der Waals surface area contributed by atoms with Crippen molar-refractivity contribution in [3.8, 4) is 11.3 Å². The van der Waals surface area contributed by atoms with Gasteiger partial charge in [-0.3, -0.25) is 0 Å². The van der Waals surface area contributed by atoms with Gasteiger partial charge in [0, 0.05) is 12.1 Å². The van der Waals surface area contributed by atoms with Gasteiger partial charge in [-0.1, -0.05) is 6.92 Å². The van der Waals surface area contributed by atoms with E-state index in [1.807, 2.05) is 11.5 Å². The smallest absolute Gasteiger partial charge is 0.131 e. The highest BCUT2D eigenvalue weighted by Crippen LogP contribution is 2.27. The van der Waals surface area contributed by atoms with Crippen molar-refractivity contribution in [2.24, 2.45) is 0 Å². The fourth-order valence-electron chi connectivity index (χ4n) is 1.91. The molecule has 1 aromatic carbocycles. The van der Waals surface area contributed by atoms with Gasteiger partial charge in [0.1, 0.15) is 17.3 Å². The molecule has 0 atom stereocenters. The van der Waals surface area contributed by atoms with E-state index in [0.29, 0.717) is 5.82 Å². The van der Waals surface area contributed by atoms with E-state index in [-0.39, 0.29) is 5.82 Å². The lowest BCUT2D eigenvalue weighted by molar-refractivity contribution is 0.627. The number of anilines is 1. The predicted molar refractivity (Wildman–Crippen MR) is 67.1 cm³/mol. The van der Waals surface area contributed by atoms with Crippen LogP contribution < -0.4 is 5.73 Å². The fourth-order valence-corrected chi connectivity index (χ4v) is 1.91. The molecule has 0 aliphatic rings. The van der Waals surface area contributed by atoms with Gasteiger partial charge in [-0.2, -0.15) is 0 Å². The number of nitrogens with zero attached hydrogens (tertiary/aromatic N) is 2. The van der Waals surface area contributed by atoms with E-state index < -0.39 is 0 Å². The van der Waals surface area contributed by atoms with Crippen LogP contribution in [0, 0.1) is 12.7 Å². The molecule has 0 radical (unpaired) electrons. The van der Waals surface area contributed by atoms with Crippen LogP contribution in [0.25, 0.3) is 11.3 Å². The van der Waals surface area contributed by atoms with Crippen molar-refractivity contribution < 1.29 is 4.39 Å². The summed E-state index contributed by atoms with van der Waals surface area (Å²) in [7, 11) is 0. The van der Waals surface area contributed by atoms with Crippen LogP contribution in [0.4, 0.5) is 10.2 Å². The first-order valence-electron chi connectivity index (χ1n) is 5.70. The van der Waals surface area contributed by atoms with E-state index in [1.165, 1.54) is 12.1 Å². The molecule has 4 heteroatoms. The highest BCUT2D eigenvalue weighted by molar-refractivity contribution is 5.73. The number of hydrogen-bond acceptors (Lipinski definition) is 2. The van der Waals surface area contributed by atoms with Crippen LogP contribution in [0.2, 0.25) is 0 Å². The largest absolute Gasteiger partial charge is 0.383 e. The number of nitrogens with two attached hydrogens (primary N) is 1. The molecular formula is C13H16FN3. The Balaban J connectivity index is 2.46. The Labute approximate surface area is 100 Å². The number of benzene rings is 1. The van der Waals surface area contributed by atoms with Crippen molar-refractivity contribution in [3.05, 3.63) is 35.9 Å². The average molecular weight is 233 g/mol. The summed E-state index contributed by atoms with van der Waals surface area (Å²) >= 11 is 0. The van der Waals surface area contributed by atoms with E-state index in [1.54, 1.807) is 12.4 Å². The molecule has 0 amide bonds. The minimum atomic E-state index is -0.238. The standard InChI is InChI=1S/C13H16FN3/c1-3-6-17-8-16-12(13(17)15)11-5-4-10(14)7-9(11)2/h4-5,7-8H,3,6,15H2,1-2H3. The summed E-state index contributed by atoms with van der Waals surface area (Å²) in [5, 5.41) is 0. The first-order valence-corrected chi connectivity index (χ1v) is 5.70. The van der Waals surface area contributed by atoms with E-state index in [0.717, 1.165) is 29.8 Å². The molecule has 2 rings (SSSR count). The van der Waals surface area contributed by atoms with Crippen molar-refractivity contribution >= 4 is 5.82 Å². The van der Waals surface area contributed by atoms with Crippen molar-refractivity contribution in [3.63, 3.8) is 0 Å². The van der Waals surface area contributed by atoms with E-state index >= 15 is 0 Å². The fraction of sp³-hybridized carbons (Fsp3) is 0.308. The summed E-state index contributed by atoms with van der Waals surface area (Å²) in [4.78, 5) is 4.31. The lowest BCUT2D eigenvalue weighted by Gasteiger charge is -2.06. The van der Waals surface area contributed by atoms with Gasteiger partial charge in [-0.05, 0) is 37.1 Å². The molecule has 17 heavy (non-hydrogen) atoms. The zero-order chi connectivity index (χ0) is 12.4. The van der Waals surface area contributed by atoms with Crippen molar-refractivity contribution in [1.82, 2.24) is 9.55 Å². The zero-order valence-corrected chi connectivity index (χ0v) is 10.1. The Kier molecular flexibility index (Phi) is 3.13. The summed E-state index contributed by atoms with van der Waals surface area (Å²) in [5.74, 6) is 0.402. The topological polar surface area (TPSA) is 43.8 Å². The van der Waals surface area contributed by atoms with Gasteiger partial charge < -0.3 is 10.3 Å². The molecule has 0 aliphatic carbocycles. The van der Waals surface area contributed by atoms with E-state index in [9.17, 15) is 4.39 Å². The number of hydrogen-bond donors (Lipinski definition) is 1. The first kappa shape index (κ1) is 11.6. The molecule has 3 nitrogen and oxygen atoms in total. The molecule has 0 saturated heterocycles. The first-order chi connectivity index (χ1) is 8.13. The van der Waals surface area contributed by atoms with Gasteiger partial charge in [0.15, 0.2) is 0 Å². The van der Waals surface area contributed by atoms with E-state index in [4.69, 9.17) is 5.73 Å². The third kappa shape index (κ3) is 2.16. The molecule has 0 unspecified atom stereocenters. The number of rotatable bonds is 3. The SMILES string of the molecule is CCCn1cnc(-c2ccc(F)cc2C)c1N. The highest BCUT2D eigenvalue weighted by Gasteiger charge is 2.11. The van der Waals surface area contributed by atoms with Gasteiger partial charge in [0.2, 0.25) is 0 Å². The second-order valence-electron chi connectivity index (χ2n) is 4.13.